The van der Waals surface area contributed by atoms with Crippen LogP contribution in [0.5, 0.6) is 0 Å². The quantitative estimate of drug-likeness (QED) is 0.658. The van der Waals surface area contributed by atoms with E-state index < -0.39 is 0 Å². The van der Waals surface area contributed by atoms with Crippen LogP contribution in [0.4, 0.5) is 0 Å². The zero-order chi connectivity index (χ0) is 18.2. The molecular formula is C20H35NO4. The molecule has 25 heavy (non-hydrogen) atoms. The first-order valence-corrected chi connectivity index (χ1v) is 10.0. The summed E-state index contributed by atoms with van der Waals surface area (Å²) in [6, 6.07) is 0.212. The molecule has 2 N–H and O–H groups in total. The van der Waals surface area contributed by atoms with Gasteiger partial charge in [-0.1, -0.05) is 13.8 Å². The summed E-state index contributed by atoms with van der Waals surface area (Å²) in [6.07, 6.45) is 7.65. The van der Waals surface area contributed by atoms with E-state index in [-0.39, 0.29) is 29.9 Å². The highest BCUT2D eigenvalue weighted by atomic mass is 16.5. The van der Waals surface area contributed by atoms with Crippen molar-refractivity contribution in [2.24, 2.45) is 17.8 Å². The predicted octanol–water partition coefficient (Wildman–Crippen LogP) is 2.84. The number of ketones is 1. The van der Waals surface area contributed by atoms with E-state index in [1.54, 1.807) is 0 Å². The molecule has 0 heterocycles. The van der Waals surface area contributed by atoms with Gasteiger partial charge in [-0.3, -0.25) is 9.59 Å². The zero-order valence-corrected chi connectivity index (χ0v) is 15.8. The van der Waals surface area contributed by atoms with Crippen LogP contribution < -0.4 is 5.32 Å². The fourth-order valence-electron chi connectivity index (χ4n) is 4.02. The van der Waals surface area contributed by atoms with Crippen LogP contribution in [0.15, 0.2) is 0 Å². The van der Waals surface area contributed by atoms with E-state index in [4.69, 9.17) is 4.74 Å². The Morgan fingerprint density at radius 3 is 2.28 bits per heavy atom. The third kappa shape index (κ3) is 7.06. The number of ether oxygens (including phenoxy) is 1. The number of nitrogens with one attached hydrogen (secondary N) is 1. The van der Waals surface area contributed by atoms with Crippen LogP contribution in [0, 0.1) is 17.8 Å². The molecule has 2 fully saturated rings. The van der Waals surface area contributed by atoms with Gasteiger partial charge in [-0.05, 0) is 57.3 Å². The molecule has 144 valence electrons. The summed E-state index contributed by atoms with van der Waals surface area (Å²) in [6.45, 7) is 5.09. The minimum absolute atomic E-state index is 0.0534. The van der Waals surface area contributed by atoms with Crippen molar-refractivity contribution in [2.75, 3.05) is 13.2 Å². The van der Waals surface area contributed by atoms with Gasteiger partial charge in [0.05, 0.1) is 12.7 Å². The third-order valence-electron chi connectivity index (χ3n) is 5.71. The number of hydrogen-bond acceptors (Lipinski definition) is 4. The molecule has 0 radical (unpaired) electrons. The van der Waals surface area contributed by atoms with Gasteiger partial charge in [0, 0.05) is 30.9 Å². The van der Waals surface area contributed by atoms with Gasteiger partial charge in [-0.15, -0.1) is 0 Å². The van der Waals surface area contributed by atoms with Crippen LogP contribution in [-0.2, 0) is 14.3 Å². The Morgan fingerprint density at radius 2 is 1.68 bits per heavy atom. The number of Topliss-reactive ketones (excluding diaryl/α,β-unsaturated/α-hetero) is 1. The molecule has 0 aliphatic heterocycles. The van der Waals surface area contributed by atoms with E-state index >= 15 is 0 Å². The van der Waals surface area contributed by atoms with E-state index in [1.165, 1.54) is 0 Å². The molecule has 0 bridgehead atoms. The molecule has 0 aromatic rings. The maximum Gasteiger partial charge on any atom is 0.222 e. The predicted molar refractivity (Wildman–Crippen MR) is 97.1 cm³/mol. The molecule has 5 heteroatoms. The number of carbonyl (C=O) groups is 2. The molecule has 0 spiro atoms. The third-order valence-corrected chi connectivity index (χ3v) is 5.71. The molecule has 2 aliphatic carbocycles. The van der Waals surface area contributed by atoms with Crippen molar-refractivity contribution < 1.29 is 19.4 Å². The Balaban J connectivity index is 1.53. The second-order valence-electron chi connectivity index (χ2n) is 8.17. The van der Waals surface area contributed by atoms with Gasteiger partial charge < -0.3 is 15.2 Å². The van der Waals surface area contributed by atoms with Crippen LogP contribution >= 0.6 is 0 Å². The fraction of sp³-hybridized carbons (Fsp3) is 0.900. The summed E-state index contributed by atoms with van der Waals surface area (Å²) >= 11 is 0. The van der Waals surface area contributed by atoms with Crippen LogP contribution in [-0.4, -0.2) is 42.2 Å². The first kappa shape index (κ1) is 20.4. The number of carbonyl (C=O) groups excluding carboxylic acids is 2. The number of aliphatic hydroxyl groups is 1. The summed E-state index contributed by atoms with van der Waals surface area (Å²) in [4.78, 5) is 24.1. The zero-order valence-electron chi connectivity index (χ0n) is 15.8. The lowest BCUT2D eigenvalue weighted by Crippen LogP contribution is -2.39. The Hall–Kier alpha value is -0.940. The van der Waals surface area contributed by atoms with Crippen molar-refractivity contribution in [1.29, 1.82) is 0 Å². The summed E-state index contributed by atoms with van der Waals surface area (Å²) < 4.78 is 5.66. The molecule has 5 nitrogen and oxygen atoms in total. The topological polar surface area (TPSA) is 75.6 Å². The van der Waals surface area contributed by atoms with Crippen molar-refractivity contribution in [3.63, 3.8) is 0 Å². The molecule has 0 aromatic carbocycles. The molecule has 2 aliphatic rings. The Morgan fingerprint density at radius 1 is 1.04 bits per heavy atom. The molecule has 0 saturated heterocycles. The Bertz CT molecular complexity index is 421. The summed E-state index contributed by atoms with van der Waals surface area (Å²) in [7, 11) is 0. The van der Waals surface area contributed by atoms with Crippen molar-refractivity contribution >= 4 is 11.7 Å². The summed E-state index contributed by atoms with van der Waals surface area (Å²) in [5.74, 6) is 1.25. The fourth-order valence-corrected chi connectivity index (χ4v) is 4.02. The molecule has 2 saturated carbocycles. The number of aliphatic hydroxyl groups excluding tert-OH is 1. The van der Waals surface area contributed by atoms with E-state index in [2.05, 4.69) is 5.32 Å². The average molecular weight is 354 g/mol. The highest BCUT2D eigenvalue weighted by molar-refractivity contribution is 5.83. The highest BCUT2D eigenvalue weighted by Crippen LogP contribution is 2.27. The maximum atomic E-state index is 12.0. The smallest absolute Gasteiger partial charge is 0.222 e. The molecule has 2 rings (SSSR count). The molecular weight excluding hydrogens is 318 g/mol. The van der Waals surface area contributed by atoms with Gasteiger partial charge in [0.15, 0.2) is 0 Å². The number of rotatable bonds is 8. The van der Waals surface area contributed by atoms with E-state index in [0.717, 1.165) is 51.4 Å². The maximum absolute atomic E-state index is 12.0. The first-order valence-electron chi connectivity index (χ1n) is 10.0. The van der Waals surface area contributed by atoms with Crippen LogP contribution in [0.2, 0.25) is 0 Å². The monoisotopic (exact) mass is 353 g/mol. The number of hydrogen-bond donors (Lipinski definition) is 2. The largest absolute Gasteiger partial charge is 0.393 e. The second kappa shape index (κ2) is 10.3. The normalized spacial score (nSPS) is 30.2. The van der Waals surface area contributed by atoms with Gasteiger partial charge in [0.25, 0.3) is 0 Å². The van der Waals surface area contributed by atoms with Crippen LogP contribution in [0.25, 0.3) is 0 Å². The molecule has 1 amide bonds. The number of amides is 1. The molecule has 0 unspecified atom stereocenters. The average Bonchev–Trinajstić information content (AvgIpc) is 2.60. The molecule has 0 aromatic heterocycles. The minimum atomic E-state index is -0.132. The Kier molecular flexibility index (Phi) is 8.37. The first-order chi connectivity index (χ1) is 12.0. The minimum Gasteiger partial charge on any atom is -0.393 e. The Labute approximate surface area is 151 Å². The SMILES string of the molecule is CC(C)C(=O)C1CCC(NC(=O)CCOCC2CCC(O)CC2)CC1. The van der Waals surface area contributed by atoms with Crippen LogP contribution in [0.1, 0.15) is 71.6 Å². The van der Waals surface area contributed by atoms with Gasteiger partial charge in [0.1, 0.15) is 5.78 Å². The van der Waals surface area contributed by atoms with E-state index in [0.29, 0.717) is 31.3 Å². The lowest BCUT2D eigenvalue weighted by atomic mass is 9.80. The van der Waals surface area contributed by atoms with Gasteiger partial charge in [-0.25, -0.2) is 0 Å². The van der Waals surface area contributed by atoms with Crippen molar-refractivity contribution in [2.45, 2.75) is 83.8 Å². The lowest BCUT2D eigenvalue weighted by molar-refractivity contribution is -0.127. The van der Waals surface area contributed by atoms with Gasteiger partial charge in [0.2, 0.25) is 5.91 Å². The highest BCUT2D eigenvalue weighted by Gasteiger charge is 2.28. The van der Waals surface area contributed by atoms with E-state index in [9.17, 15) is 14.7 Å². The van der Waals surface area contributed by atoms with E-state index in [1.807, 2.05) is 13.8 Å². The van der Waals surface area contributed by atoms with Gasteiger partial charge in [-0.2, -0.15) is 0 Å². The van der Waals surface area contributed by atoms with Crippen molar-refractivity contribution in [1.82, 2.24) is 5.32 Å². The standard InChI is InChI=1S/C20H35NO4/c1-14(2)20(24)16-5-7-17(8-6-16)21-19(23)11-12-25-13-15-3-9-18(22)10-4-15/h14-18,22H,3-13H2,1-2H3,(H,21,23). The van der Waals surface area contributed by atoms with Crippen molar-refractivity contribution in [3.05, 3.63) is 0 Å². The summed E-state index contributed by atoms with van der Waals surface area (Å²) in [5, 5.41) is 12.6. The van der Waals surface area contributed by atoms with Gasteiger partial charge >= 0.3 is 0 Å². The van der Waals surface area contributed by atoms with Crippen molar-refractivity contribution in [3.8, 4) is 0 Å². The molecule has 0 atom stereocenters. The summed E-state index contributed by atoms with van der Waals surface area (Å²) in [5.41, 5.74) is 0. The second-order valence-corrected chi connectivity index (χ2v) is 8.17. The lowest BCUT2D eigenvalue weighted by Gasteiger charge is -2.29. The van der Waals surface area contributed by atoms with Crippen LogP contribution in [0.3, 0.4) is 0 Å².